The number of hydrogen-bond acceptors (Lipinski definition) is 7. The van der Waals surface area contributed by atoms with Gasteiger partial charge in [-0.15, -0.1) is 11.3 Å². The first-order valence-electron chi connectivity index (χ1n) is 9.37. The van der Waals surface area contributed by atoms with Crippen molar-refractivity contribution in [2.75, 3.05) is 23.3 Å². The van der Waals surface area contributed by atoms with Gasteiger partial charge in [-0.2, -0.15) is 0 Å². The summed E-state index contributed by atoms with van der Waals surface area (Å²) in [6.45, 7) is 1.42. The molecule has 1 saturated heterocycles. The van der Waals surface area contributed by atoms with E-state index >= 15 is 0 Å². The molecular formula is C20H21N5O3S. The molecule has 29 heavy (non-hydrogen) atoms. The van der Waals surface area contributed by atoms with Crippen LogP contribution in [0.3, 0.4) is 0 Å². The molecule has 1 aliphatic heterocycles. The van der Waals surface area contributed by atoms with Gasteiger partial charge in [0.1, 0.15) is 5.82 Å². The summed E-state index contributed by atoms with van der Waals surface area (Å²) in [6, 6.07) is 7.29. The Morgan fingerprint density at radius 3 is 2.97 bits per heavy atom. The van der Waals surface area contributed by atoms with Gasteiger partial charge in [0.2, 0.25) is 11.8 Å². The summed E-state index contributed by atoms with van der Waals surface area (Å²) in [7, 11) is 0. The summed E-state index contributed by atoms with van der Waals surface area (Å²) < 4.78 is 5.32. The molecule has 1 atom stereocenters. The predicted molar refractivity (Wildman–Crippen MR) is 111 cm³/mol. The quantitative estimate of drug-likeness (QED) is 0.645. The monoisotopic (exact) mass is 411 g/mol. The van der Waals surface area contributed by atoms with Crippen LogP contribution in [0.1, 0.15) is 18.5 Å². The molecule has 1 fully saturated rings. The Labute approximate surface area is 171 Å². The molecule has 9 heteroatoms. The Morgan fingerprint density at radius 1 is 1.34 bits per heavy atom. The van der Waals surface area contributed by atoms with Crippen LogP contribution in [0.15, 0.2) is 46.5 Å². The normalized spacial score (nSPS) is 16.6. The number of aromatic nitrogens is 2. The third kappa shape index (κ3) is 4.62. The number of rotatable bonds is 6. The first kappa shape index (κ1) is 19.1. The van der Waals surface area contributed by atoms with E-state index in [9.17, 15) is 9.59 Å². The molecular weight excluding hydrogens is 390 g/mol. The molecule has 2 amide bonds. The summed E-state index contributed by atoms with van der Waals surface area (Å²) in [5.41, 5.74) is 6.74. The molecule has 0 spiro atoms. The Kier molecular flexibility index (Phi) is 5.57. The lowest BCUT2D eigenvalue weighted by Gasteiger charge is -2.32. The maximum absolute atomic E-state index is 12.3. The highest BCUT2D eigenvalue weighted by molar-refractivity contribution is 7.13. The number of nitrogens with one attached hydrogen (secondary N) is 1. The zero-order valence-corrected chi connectivity index (χ0v) is 16.5. The van der Waals surface area contributed by atoms with Crippen LogP contribution >= 0.6 is 11.3 Å². The van der Waals surface area contributed by atoms with Crippen LogP contribution < -0.4 is 16.0 Å². The van der Waals surface area contributed by atoms with Crippen molar-refractivity contribution in [1.29, 1.82) is 0 Å². The Morgan fingerprint density at radius 2 is 2.24 bits per heavy atom. The van der Waals surface area contributed by atoms with Gasteiger partial charge in [-0.05, 0) is 37.1 Å². The Hall–Kier alpha value is -3.20. The highest BCUT2D eigenvalue weighted by atomic mass is 32.1. The van der Waals surface area contributed by atoms with Gasteiger partial charge in [0.25, 0.3) is 0 Å². The van der Waals surface area contributed by atoms with Crippen molar-refractivity contribution in [2.45, 2.75) is 19.3 Å². The molecule has 3 N–H and O–H groups in total. The van der Waals surface area contributed by atoms with Crippen LogP contribution in [0.2, 0.25) is 0 Å². The molecule has 0 bridgehead atoms. The third-order valence-corrected chi connectivity index (χ3v) is 5.71. The topological polar surface area (TPSA) is 114 Å². The maximum atomic E-state index is 12.3. The van der Waals surface area contributed by atoms with Crippen LogP contribution in [0.5, 0.6) is 0 Å². The van der Waals surface area contributed by atoms with Crippen molar-refractivity contribution in [3.63, 3.8) is 0 Å². The molecule has 0 saturated carbocycles. The minimum absolute atomic E-state index is 0.144. The molecule has 0 radical (unpaired) electrons. The number of pyridine rings is 1. The molecule has 8 nitrogen and oxygen atoms in total. The molecule has 4 heterocycles. The highest BCUT2D eigenvalue weighted by Gasteiger charge is 2.24. The van der Waals surface area contributed by atoms with Crippen LogP contribution in [-0.2, 0) is 16.0 Å². The number of primary amides is 1. The fourth-order valence-electron chi connectivity index (χ4n) is 3.34. The molecule has 150 valence electrons. The van der Waals surface area contributed by atoms with E-state index in [2.05, 4.69) is 20.2 Å². The number of nitrogens with zero attached hydrogens (tertiary/aromatic N) is 3. The van der Waals surface area contributed by atoms with Crippen molar-refractivity contribution >= 4 is 34.7 Å². The minimum atomic E-state index is -0.268. The molecule has 0 aromatic carbocycles. The molecule has 0 aliphatic carbocycles. The van der Waals surface area contributed by atoms with Crippen LogP contribution in [-0.4, -0.2) is 34.9 Å². The highest BCUT2D eigenvalue weighted by Crippen LogP contribution is 2.25. The fourth-order valence-corrected chi connectivity index (χ4v) is 4.12. The Balaban J connectivity index is 1.34. The molecule has 3 aromatic rings. The van der Waals surface area contributed by atoms with Crippen LogP contribution in [0.4, 0.5) is 11.5 Å². The molecule has 1 unspecified atom stereocenters. The summed E-state index contributed by atoms with van der Waals surface area (Å²) in [4.78, 5) is 34.7. The lowest BCUT2D eigenvalue weighted by atomic mass is 9.97. The fraction of sp³-hybridized carbons (Fsp3) is 0.300. The minimum Gasteiger partial charge on any atom is -0.462 e. The average molecular weight is 411 g/mol. The van der Waals surface area contributed by atoms with E-state index in [1.54, 1.807) is 18.5 Å². The largest absolute Gasteiger partial charge is 0.462 e. The Bertz CT molecular complexity index is 984. The van der Waals surface area contributed by atoms with Gasteiger partial charge in [0.15, 0.2) is 10.8 Å². The SMILES string of the molecule is NC(=O)C1CCCN(c2ccc(NC(=O)Cc3csc(-c4ccco4)n3)cn2)C1. The van der Waals surface area contributed by atoms with Gasteiger partial charge in [0.05, 0.1) is 36.2 Å². The summed E-state index contributed by atoms with van der Waals surface area (Å²) >= 11 is 1.44. The van der Waals surface area contributed by atoms with E-state index in [0.29, 0.717) is 23.7 Å². The van der Waals surface area contributed by atoms with Gasteiger partial charge < -0.3 is 20.4 Å². The molecule has 3 aromatic heterocycles. The number of carbonyl (C=O) groups is 2. The van der Waals surface area contributed by atoms with E-state index in [0.717, 1.165) is 30.2 Å². The smallest absolute Gasteiger partial charge is 0.230 e. The standard InChI is InChI=1S/C20H21N5O3S/c21-19(27)13-3-1-7-25(11-13)17-6-5-14(10-22-17)23-18(26)9-15-12-29-20(24-15)16-4-2-8-28-16/h2,4-6,8,10,12-13H,1,3,7,9,11H2,(H2,21,27)(H,23,26). The zero-order valence-electron chi connectivity index (χ0n) is 15.7. The van der Waals surface area contributed by atoms with E-state index < -0.39 is 0 Å². The average Bonchev–Trinajstić information content (AvgIpc) is 3.40. The van der Waals surface area contributed by atoms with Crippen molar-refractivity contribution in [1.82, 2.24) is 9.97 Å². The van der Waals surface area contributed by atoms with Gasteiger partial charge >= 0.3 is 0 Å². The number of nitrogens with two attached hydrogens (primary N) is 1. The predicted octanol–water partition coefficient (Wildman–Crippen LogP) is 2.68. The number of furan rings is 1. The van der Waals surface area contributed by atoms with Crippen molar-refractivity contribution in [3.05, 3.63) is 47.8 Å². The van der Waals surface area contributed by atoms with Gasteiger partial charge in [-0.3, -0.25) is 9.59 Å². The van der Waals surface area contributed by atoms with Crippen LogP contribution in [0, 0.1) is 5.92 Å². The lowest BCUT2D eigenvalue weighted by molar-refractivity contribution is -0.122. The van der Waals surface area contributed by atoms with Crippen molar-refractivity contribution in [3.8, 4) is 10.8 Å². The first-order valence-corrected chi connectivity index (χ1v) is 10.2. The number of carbonyl (C=O) groups excluding carboxylic acids is 2. The maximum Gasteiger partial charge on any atom is 0.230 e. The second-order valence-electron chi connectivity index (χ2n) is 6.94. The van der Waals surface area contributed by atoms with E-state index in [1.807, 2.05) is 23.6 Å². The molecule has 1 aliphatic rings. The number of anilines is 2. The van der Waals surface area contributed by atoms with Crippen molar-refractivity contribution in [2.24, 2.45) is 11.7 Å². The second-order valence-corrected chi connectivity index (χ2v) is 7.80. The van der Waals surface area contributed by atoms with E-state index in [1.165, 1.54) is 11.3 Å². The summed E-state index contributed by atoms with van der Waals surface area (Å²) in [6.07, 6.45) is 5.11. The number of amides is 2. The second kappa shape index (κ2) is 8.44. The molecule has 4 rings (SSSR count). The first-order chi connectivity index (χ1) is 14.1. The number of piperidine rings is 1. The number of thiazole rings is 1. The lowest BCUT2D eigenvalue weighted by Crippen LogP contribution is -2.41. The third-order valence-electron chi connectivity index (χ3n) is 4.80. The summed E-state index contributed by atoms with van der Waals surface area (Å²) in [5, 5.41) is 5.44. The van der Waals surface area contributed by atoms with Gasteiger partial charge in [-0.1, -0.05) is 0 Å². The summed E-state index contributed by atoms with van der Waals surface area (Å²) in [5.74, 6) is 0.891. The number of hydrogen-bond donors (Lipinski definition) is 2. The van der Waals surface area contributed by atoms with Crippen LogP contribution in [0.25, 0.3) is 10.8 Å². The van der Waals surface area contributed by atoms with E-state index in [-0.39, 0.29) is 24.2 Å². The van der Waals surface area contributed by atoms with E-state index in [4.69, 9.17) is 10.2 Å². The van der Waals surface area contributed by atoms with Gasteiger partial charge in [-0.25, -0.2) is 9.97 Å². The van der Waals surface area contributed by atoms with Gasteiger partial charge in [0, 0.05) is 18.5 Å². The zero-order chi connectivity index (χ0) is 20.2. The van der Waals surface area contributed by atoms with Crippen molar-refractivity contribution < 1.29 is 14.0 Å².